The van der Waals surface area contributed by atoms with Gasteiger partial charge < -0.3 is 10.4 Å². The number of carbonyl (C=O) groups is 1. The van der Waals surface area contributed by atoms with Gasteiger partial charge in [0, 0.05) is 10.5 Å². The van der Waals surface area contributed by atoms with Gasteiger partial charge in [0.25, 0.3) is 0 Å². The molecule has 0 amide bonds. The van der Waals surface area contributed by atoms with Gasteiger partial charge in [-0.2, -0.15) is 0 Å². The number of carboxylic acids is 1. The van der Waals surface area contributed by atoms with Crippen LogP contribution in [-0.2, 0) is 4.79 Å². The molecule has 0 aliphatic carbocycles. The highest BCUT2D eigenvalue weighted by atomic mass is 79.9. The van der Waals surface area contributed by atoms with Crippen LogP contribution >= 0.6 is 15.9 Å². The molecule has 0 radical (unpaired) electrons. The van der Waals surface area contributed by atoms with Gasteiger partial charge in [-0.3, -0.25) is 4.79 Å². The van der Waals surface area contributed by atoms with Crippen LogP contribution in [-0.4, -0.2) is 18.1 Å². The zero-order valence-electron chi connectivity index (χ0n) is 10.3. The Kier molecular flexibility index (Phi) is 4.71. The molecule has 1 unspecified atom stereocenters. The van der Waals surface area contributed by atoms with Crippen LogP contribution in [0.25, 0.3) is 0 Å². The van der Waals surface area contributed by atoms with E-state index in [9.17, 15) is 4.79 Å². The lowest BCUT2D eigenvalue weighted by atomic mass is 9.78. The van der Waals surface area contributed by atoms with E-state index in [4.69, 9.17) is 5.11 Å². The topological polar surface area (TPSA) is 49.3 Å². The van der Waals surface area contributed by atoms with E-state index in [1.165, 1.54) is 0 Å². The third-order valence-electron chi connectivity index (χ3n) is 2.88. The summed E-state index contributed by atoms with van der Waals surface area (Å²) < 4.78 is 1.02. The van der Waals surface area contributed by atoms with Crippen molar-refractivity contribution in [1.29, 1.82) is 0 Å². The summed E-state index contributed by atoms with van der Waals surface area (Å²) in [6, 6.07) is 7.98. The number of rotatable bonds is 5. The Labute approximate surface area is 110 Å². The van der Waals surface area contributed by atoms with Crippen molar-refractivity contribution in [2.75, 3.05) is 7.05 Å². The molecule has 1 aromatic carbocycles. The molecule has 1 atom stereocenters. The number of hydrogen-bond donors (Lipinski definition) is 2. The second-order valence-electron chi connectivity index (χ2n) is 4.83. The Morgan fingerprint density at radius 2 is 1.94 bits per heavy atom. The summed E-state index contributed by atoms with van der Waals surface area (Å²) in [5, 5.41) is 12.2. The van der Waals surface area contributed by atoms with E-state index in [0.29, 0.717) is 0 Å². The quantitative estimate of drug-likeness (QED) is 0.878. The van der Waals surface area contributed by atoms with E-state index in [1.807, 2.05) is 45.2 Å². The summed E-state index contributed by atoms with van der Waals surface area (Å²) >= 11 is 3.39. The molecule has 0 saturated heterocycles. The van der Waals surface area contributed by atoms with Crippen LogP contribution in [0.5, 0.6) is 0 Å². The Bertz CT molecular complexity index is 387. The predicted molar refractivity (Wildman–Crippen MR) is 72.0 cm³/mol. The minimum atomic E-state index is -0.771. The number of hydrogen-bond acceptors (Lipinski definition) is 2. The molecule has 94 valence electrons. The molecule has 0 aliphatic rings. The van der Waals surface area contributed by atoms with Gasteiger partial charge in [-0.1, -0.05) is 41.9 Å². The van der Waals surface area contributed by atoms with Crippen molar-refractivity contribution in [2.45, 2.75) is 26.3 Å². The SMILES string of the molecule is CNC(c1ccc(Br)cc1)C(C)(C)CC(=O)O. The van der Waals surface area contributed by atoms with Gasteiger partial charge in [0.05, 0.1) is 6.42 Å². The van der Waals surface area contributed by atoms with E-state index in [0.717, 1.165) is 10.0 Å². The number of carboxylic acid groups (broad SMARTS) is 1. The maximum absolute atomic E-state index is 10.9. The fourth-order valence-corrected chi connectivity index (χ4v) is 2.42. The van der Waals surface area contributed by atoms with Crippen molar-refractivity contribution in [3.8, 4) is 0 Å². The Balaban J connectivity index is 2.98. The highest BCUT2D eigenvalue weighted by Crippen LogP contribution is 2.36. The van der Waals surface area contributed by atoms with Gasteiger partial charge >= 0.3 is 5.97 Å². The second kappa shape index (κ2) is 5.65. The average Bonchev–Trinajstić information content (AvgIpc) is 2.19. The van der Waals surface area contributed by atoms with Crippen molar-refractivity contribution in [1.82, 2.24) is 5.32 Å². The van der Waals surface area contributed by atoms with Gasteiger partial charge in [0.1, 0.15) is 0 Å². The lowest BCUT2D eigenvalue weighted by Gasteiger charge is -2.33. The molecule has 17 heavy (non-hydrogen) atoms. The number of halogens is 1. The molecule has 0 fully saturated rings. The van der Waals surface area contributed by atoms with Crippen LogP contribution in [0.3, 0.4) is 0 Å². The van der Waals surface area contributed by atoms with E-state index < -0.39 is 5.97 Å². The molecule has 3 nitrogen and oxygen atoms in total. The Morgan fingerprint density at radius 3 is 2.35 bits per heavy atom. The zero-order chi connectivity index (χ0) is 13.1. The minimum Gasteiger partial charge on any atom is -0.481 e. The van der Waals surface area contributed by atoms with Crippen LogP contribution < -0.4 is 5.32 Å². The largest absolute Gasteiger partial charge is 0.481 e. The standard InChI is InChI=1S/C13H18BrNO2/c1-13(2,8-11(16)17)12(15-3)9-4-6-10(14)7-5-9/h4-7,12,15H,8H2,1-3H3,(H,16,17). The smallest absolute Gasteiger partial charge is 0.303 e. The van der Waals surface area contributed by atoms with Crippen molar-refractivity contribution in [3.05, 3.63) is 34.3 Å². The van der Waals surface area contributed by atoms with Crippen molar-refractivity contribution in [2.24, 2.45) is 5.41 Å². The minimum absolute atomic E-state index is 0.0201. The van der Waals surface area contributed by atoms with E-state index in [1.54, 1.807) is 0 Å². The van der Waals surface area contributed by atoms with Crippen LogP contribution in [0, 0.1) is 5.41 Å². The summed E-state index contributed by atoms with van der Waals surface area (Å²) in [6.45, 7) is 3.93. The second-order valence-corrected chi connectivity index (χ2v) is 5.75. The third kappa shape index (κ3) is 3.82. The highest BCUT2D eigenvalue weighted by Gasteiger charge is 2.31. The molecule has 0 saturated carbocycles. The lowest BCUT2D eigenvalue weighted by Crippen LogP contribution is -2.33. The lowest BCUT2D eigenvalue weighted by molar-refractivity contribution is -0.139. The monoisotopic (exact) mass is 299 g/mol. The van der Waals surface area contributed by atoms with E-state index >= 15 is 0 Å². The number of benzene rings is 1. The van der Waals surface area contributed by atoms with Gasteiger partial charge in [-0.05, 0) is 30.2 Å². The first-order valence-corrected chi connectivity index (χ1v) is 6.30. The maximum atomic E-state index is 10.9. The molecular formula is C13H18BrNO2. The molecule has 4 heteroatoms. The first-order chi connectivity index (χ1) is 7.86. The molecule has 0 bridgehead atoms. The van der Waals surface area contributed by atoms with Crippen LogP contribution in [0.4, 0.5) is 0 Å². The summed E-state index contributed by atoms with van der Waals surface area (Å²) in [6.07, 6.45) is 0.134. The average molecular weight is 300 g/mol. The fraction of sp³-hybridized carbons (Fsp3) is 0.462. The zero-order valence-corrected chi connectivity index (χ0v) is 11.9. The van der Waals surface area contributed by atoms with Gasteiger partial charge in [-0.25, -0.2) is 0 Å². The molecular weight excluding hydrogens is 282 g/mol. The van der Waals surface area contributed by atoms with Gasteiger partial charge in [0.15, 0.2) is 0 Å². The normalized spacial score (nSPS) is 13.4. The third-order valence-corrected chi connectivity index (χ3v) is 3.41. The van der Waals surface area contributed by atoms with E-state index in [2.05, 4.69) is 21.2 Å². The van der Waals surface area contributed by atoms with Crippen molar-refractivity contribution < 1.29 is 9.90 Å². The summed E-state index contributed by atoms with van der Waals surface area (Å²) in [5.74, 6) is -0.771. The first-order valence-electron chi connectivity index (χ1n) is 5.51. The first kappa shape index (κ1) is 14.2. The Hall–Kier alpha value is -0.870. The summed E-state index contributed by atoms with van der Waals surface area (Å²) in [4.78, 5) is 10.9. The molecule has 0 aromatic heterocycles. The highest BCUT2D eigenvalue weighted by molar-refractivity contribution is 9.10. The molecule has 1 rings (SSSR count). The fourth-order valence-electron chi connectivity index (χ4n) is 2.16. The van der Waals surface area contributed by atoms with Gasteiger partial charge in [0.2, 0.25) is 0 Å². The van der Waals surface area contributed by atoms with Crippen LogP contribution in [0.1, 0.15) is 31.9 Å². The maximum Gasteiger partial charge on any atom is 0.303 e. The molecule has 0 aliphatic heterocycles. The molecule has 0 spiro atoms. The number of aliphatic carboxylic acids is 1. The predicted octanol–water partition coefficient (Wildman–Crippen LogP) is 3.21. The van der Waals surface area contributed by atoms with Crippen molar-refractivity contribution >= 4 is 21.9 Å². The van der Waals surface area contributed by atoms with Crippen LogP contribution in [0.2, 0.25) is 0 Å². The van der Waals surface area contributed by atoms with Crippen molar-refractivity contribution in [3.63, 3.8) is 0 Å². The summed E-state index contributed by atoms with van der Waals surface area (Å²) in [7, 11) is 1.86. The van der Waals surface area contributed by atoms with Gasteiger partial charge in [-0.15, -0.1) is 0 Å². The molecule has 0 heterocycles. The number of nitrogens with one attached hydrogen (secondary N) is 1. The van der Waals surface area contributed by atoms with Crippen LogP contribution in [0.15, 0.2) is 28.7 Å². The van der Waals surface area contributed by atoms with E-state index in [-0.39, 0.29) is 17.9 Å². The Morgan fingerprint density at radius 1 is 1.41 bits per heavy atom. The molecule has 2 N–H and O–H groups in total. The molecule has 1 aromatic rings. The summed E-state index contributed by atoms with van der Waals surface area (Å²) in [5.41, 5.74) is 0.760.